The minimum absolute atomic E-state index is 0.0534. The highest BCUT2D eigenvalue weighted by molar-refractivity contribution is 7.89. The smallest absolute Gasteiger partial charge is 0.247 e. The van der Waals surface area contributed by atoms with Crippen LogP contribution in [0.25, 0.3) is 11.5 Å². The van der Waals surface area contributed by atoms with Crippen LogP contribution in [0.3, 0.4) is 0 Å². The maximum atomic E-state index is 13.4. The van der Waals surface area contributed by atoms with Crippen LogP contribution in [0.15, 0.2) is 57.8 Å². The van der Waals surface area contributed by atoms with E-state index in [0.717, 1.165) is 6.07 Å². The number of rotatable bonds is 4. The van der Waals surface area contributed by atoms with Crippen LogP contribution < -0.4 is 0 Å². The van der Waals surface area contributed by atoms with Crippen LogP contribution in [-0.4, -0.2) is 36.0 Å². The van der Waals surface area contributed by atoms with Crippen LogP contribution in [-0.2, 0) is 10.0 Å². The molecule has 0 radical (unpaired) electrons. The minimum atomic E-state index is -3.74. The van der Waals surface area contributed by atoms with E-state index in [1.165, 1.54) is 34.6 Å². The summed E-state index contributed by atoms with van der Waals surface area (Å²) in [5.74, 6) is -0.280. The molecule has 1 saturated heterocycles. The maximum Gasteiger partial charge on any atom is 0.247 e. The Hall–Kier alpha value is -2.65. The first-order valence-electron chi connectivity index (χ1n) is 8.78. The van der Waals surface area contributed by atoms with Gasteiger partial charge in [-0.1, -0.05) is 6.07 Å². The highest BCUT2D eigenvalue weighted by atomic mass is 32.2. The summed E-state index contributed by atoms with van der Waals surface area (Å²) in [7, 11) is -3.74. The lowest BCUT2D eigenvalue weighted by Crippen LogP contribution is -2.38. The molecule has 1 aliphatic rings. The second-order valence-corrected chi connectivity index (χ2v) is 8.53. The van der Waals surface area contributed by atoms with Gasteiger partial charge in [0.1, 0.15) is 11.6 Å². The fourth-order valence-electron chi connectivity index (χ4n) is 3.23. The van der Waals surface area contributed by atoms with Crippen molar-refractivity contribution in [3.8, 4) is 11.5 Å². The van der Waals surface area contributed by atoms with Gasteiger partial charge < -0.3 is 4.42 Å². The van der Waals surface area contributed by atoms with Crippen LogP contribution >= 0.6 is 0 Å². The van der Waals surface area contributed by atoms with E-state index in [9.17, 15) is 17.2 Å². The zero-order chi connectivity index (χ0) is 19.7. The van der Waals surface area contributed by atoms with Gasteiger partial charge in [-0.3, -0.25) is 0 Å². The molecule has 2 heterocycles. The molecule has 6 nitrogen and oxygen atoms in total. The van der Waals surface area contributed by atoms with E-state index < -0.39 is 15.8 Å². The standard InChI is InChI=1S/C19H17F2N3O3S/c20-15-6-4-13(5-7-15)18-22-23-19(27-18)14-8-10-24(11-9-14)28(25,26)17-3-1-2-16(21)12-17/h1-7,12,14H,8-11H2. The zero-order valence-electron chi connectivity index (χ0n) is 14.8. The van der Waals surface area contributed by atoms with E-state index in [0.29, 0.717) is 30.2 Å². The van der Waals surface area contributed by atoms with Crippen LogP contribution in [0.1, 0.15) is 24.7 Å². The van der Waals surface area contributed by atoms with Crippen LogP contribution in [0.5, 0.6) is 0 Å². The Morgan fingerprint density at radius 1 is 0.964 bits per heavy atom. The van der Waals surface area contributed by atoms with Gasteiger partial charge in [0.25, 0.3) is 0 Å². The second kappa shape index (κ2) is 7.40. The Labute approximate surface area is 160 Å². The van der Waals surface area contributed by atoms with Gasteiger partial charge in [0.15, 0.2) is 0 Å². The molecular formula is C19H17F2N3O3S. The molecular weight excluding hydrogens is 388 g/mol. The predicted octanol–water partition coefficient (Wildman–Crippen LogP) is 3.58. The first-order chi connectivity index (χ1) is 13.4. The Balaban J connectivity index is 1.45. The van der Waals surface area contributed by atoms with E-state index in [1.807, 2.05) is 0 Å². The number of piperidine rings is 1. The number of halogens is 2. The summed E-state index contributed by atoms with van der Waals surface area (Å²) in [5, 5.41) is 8.07. The molecule has 0 saturated carbocycles. The number of nitrogens with zero attached hydrogens (tertiary/aromatic N) is 3. The molecule has 0 atom stereocenters. The van der Waals surface area contributed by atoms with E-state index in [2.05, 4.69) is 10.2 Å². The quantitative estimate of drug-likeness (QED) is 0.663. The van der Waals surface area contributed by atoms with Crippen molar-refractivity contribution in [2.75, 3.05) is 13.1 Å². The van der Waals surface area contributed by atoms with Gasteiger partial charge in [-0.05, 0) is 55.3 Å². The Kier molecular flexibility index (Phi) is 4.94. The Morgan fingerprint density at radius 2 is 1.68 bits per heavy atom. The number of hydrogen-bond acceptors (Lipinski definition) is 5. The summed E-state index contributed by atoms with van der Waals surface area (Å²) in [6.45, 7) is 0.551. The zero-order valence-corrected chi connectivity index (χ0v) is 15.6. The summed E-state index contributed by atoms with van der Waals surface area (Å²) >= 11 is 0. The molecule has 1 aromatic heterocycles. The summed E-state index contributed by atoms with van der Waals surface area (Å²) in [6.07, 6.45) is 1.03. The normalized spacial score (nSPS) is 16.4. The molecule has 2 aromatic carbocycles. The number of aromatic nitrogens is 2. The molecule has 0 aliphatic carbocycles. The van der Waals surface area contributed by atoms with Gasteiger partial charge in [0.05, 0.1) is 4.90 Å². The van der Waals surface area contributed by atoms with E-state index >= 15 is 0 Å². The van der Waals surface area contributed by atoms with Crippen molar-refractivity contribution >= 4 is 10.0 Å². The highest BCUT2D eigenvalue weighted by Crippen LogP contribution is 2.31. The molecule has 4 rings (SSSR count). The van der Waals surface area contributed by atoms with E-state index in [1.54, 1.807) is 12.1 Å². The van der Waals surface area contributed by atoms with Crippen LogP contribution in [0, 0.1) is 11.6 Å². The molecule has 0 amide bonds. The Morgan fingerprint density at radius 3 is 2.36 bits per heavy atom. The van der Waals surface area contributed by atoms with Crippen molar-refractivity contribution in [3.63, 3.8) is 0 Å². The monoisotopic (exact) mass is 405 g/mol. The predicted molar refractivity (Wildman–Crippen MR) is 96.8 cm³/mol. The summed E-state index contributed by atoms with van der Waals surface area (Å²) < 4.78 is 58.8. The largest absolute Gasteiger partial charge is 0.420 e. The SMILES string of the molecule is O=S(=O)(c1cccc(F)c1)N1CCC(c2nnc(-c3ccc(F)cc3)o2)CC1. The van der Waals surface area contributed by atoms with Crippen molar-refractivity contribution in [2.45, 2.75) is 23.7 Å². The van der Waals surface area contributed by atoms with Crippen LogP contribution in [0.4, 0.5) is 8.78 Å². The van der Waals surface area contributed by atoms with Crippen molar-refractivity contribution in [1.29, 1.82) is 0 Å². The fourth-order valence-corrected chi connectivity index (χ4v) is 4.73. The van der Waals surface area contributed by atoms with Gasteiger partial charge >= 0.3 is 0 Å². The third-order valence-electron chi connectivity index (χ3n) is 4.77. The van der Waals surface area contributed by atoms with Gasteiger partial charge in [-0.15, -0.1) is 10.2 Å². The lowest BCUT2D eigenvalue weighted by molar-refractivity contribution is 0.291. The molecule has 9 heteroatoms. The van der Waals surface area contributed by atoms with Gasteiger partial charge in [0, 0.05) is 24.6 Å². The number of sulfonamides is 1. The second-order valence-electron chi connectivity index (χ2n) is 6.59. The third-order valence-corrected chi connectivity index (χ3v) is 6.66. The summed E-state index contributed by atoms with van der Waals surface area (Å²) in [4.78, 5) is -0.0534. The number of hydrogen-bond donors (Lipinski definition) is 0. The summed E-state index contributed by atoms with van der Waals surface area (Å²) in [6, 6.07) is 10.7. The molecule has 1 fully saturated rings. The first-order valence-corrected chi connectivity index (χ1v) is 10.2. The molecule has 0 unspecified atom stereocenters. The van der Waals surface area contributed by atoms with Gasteiger partial charge in [0.2, 0.25) is 21.8 Å². The van der Waals surface area contributed by atoms with Crippen molar-refractivity contribution in [1.82, 2.24) is 14.5 Å². The lowest BCUT2D eigenvalue weighted by atomic mass is 9.98. The molecule has 1 aliphatic heterocycles. The van der Waals surface area contributed by atoms with Crippen molar-refractivity contribution in [3.05, 3.63) is 66.1 Å². The Bertz CT molecular complexity index is 1080. The molecule has 0 N–H and O–H groups in total. The highest BCUT2D eigenvalue weighted by Gasteiger charge is 2.32. The average molecular weight is 405 g/mol. The van der Waals surface area contributed by atoms with Crippen molar-refractivity contribution < 1.29 is 21.6 Å². The molecule has 28 heavy (non-hydrogen) atoms. The van der Waals surface area contributed by atoms with Gasteiger partial charge in [-0.25, -0.2) is 17.2 Å². The molecule has 0 spiro atoms. The third kappa shape index (κ3) is 3.67. The maximum absolute atomic E-state index is 13.4. The summed E-state index contributed by atoms with van der Waals surface area (Å²) in [5.41, 5.74) is 0.617. The molecule has 3 aromatic rings. The first kappa shape index (κ1) is 18.7. The van der Waals surface area contributed by atoms with Crippen LogP contribution in [0.2, 0.25) is 0 Å². The number of benzene rings is 2. The lowest BCUT2D eigenvalue weighted by Gasteiger charge is -2.29. The minimum Gasteiger partial charge on any atom is -0.420 e. The molecule has 146 valence electrons. The van der Waals surface area contributed by atoms with E-state index in [-0.39, 0.29) is 29.7 Å². The topological polar surface area (TPSA) is 76.3 Å². The fraction of sp³-hybridized carbons (Fsp3) is 0.263. The van der Waals surface area contributed by atoms with Crippen molar-refractivity contribution in [2.24, 2.45) is 0 Å². The average Bonchev–Trinajstić information content (AvgIpc) is 3.19. The van der Waals surface area contributed by atoms with E-state index in [4.69, 9.17) is 4.42 Å². The molecule has 0 bridgehead atoms. The van der Waals surface area contributed by atoms with Gasteiger partial charge in [-0.2, -0.15) is 4.31 Å².